The first-order chi connectivity index (χ1) is 15.0. The number of aromatic nitrogens is 1. The largest absolute Gasteiger partial charge is 0.497 e. The molecule has 31 heavy (non-hydrogen) atoms. The quantitative estimate of drug-likeness (QED) is 0.458. The molecule has 0 aliphatic rings. The molecular weight excluding hydrogens is 418 g/mol. The maximum absolute atomic E-state index is 12.7. The van der Waals surface area contributed by atoms with Gasteiger partial charge in [0, 0.05) is 29.6 Å². The fourth-order valence-corrected chi connectivity index (χ4v) is 3.21. The van der Waals surface area contributed by atoms with Crippen LogP contribution in [0.3, 0.4) is 0 Å². The summed E-state index contributed by atoms with van der Waals surface area (Å²) in [5.74, 6) is 0.781. The van der Waals surface area contributed by atoms with E-state index < -0.39 is 5.97 Å². The lowest BCUT2D eigenvalue weighted by atomic mass is 10.0. The van der Waals surface area contributed by atoms with Crippen molar-refractivity contribution in [1.82, 2.24) is 4.98 Å². The van der Waals surface area contributed by atoms with Gasteiger partial charge in [0.25, 0.3) is 0 Å². The summed E-state index contributed by atoms with van der Waals surface area (Å²) in [5.41, 5.74) is 2.52. The van der Waals surface area contributed by atoms with Crippen LogP contribution >= 0.6 is 11.6 Å². The average Bonchev–Trinajstić information content (AvgIpc) is 2.78. The first-order valence-corrected chi connectivity index (χ1v) is 9.95. The monoisotopic (exact) mass is 439 g/mol. The highest BCUT2D eigenvalue weighted by Gasteiger charge is 2.13. The Hall–Kier alpha value is -3.38. The van der Waals surface area contributed by atoms with E-state index in [1.54, 1.807) is 37.4 Å². The van der Waals surface area contributed by atoms with Crippen molar-refractivity contribution in [1.29, 1.82) is 0 Å². The van der Waals surface area contributed by atoms with Crippen LogP contribution in [-0.4, -0.2) is 31.0 Å². The average molecular weight is 440 g/mol. The molecule has 3 rings (SSSR count). The van der Waals surface area contributed by atoms with Crippen molar-refractivity contribution in [2.45, 2.75) is 19.4 Å². The molecule has 6 nitrogen and oxygen atoms in total. The molecule has 0 N–H and O–H groups in total. The first-order valence-electron chi connectivity index (χ1n) is 9.57. The summed E-state index contributed by atoms with van der Waals surface area (Å²) < 4.78 is 15.8. The van der Waals surface area contributed by atoms with Crippen LogP contribution in [0.5, 0.6) is 11.5 Å². The van der Waals surface area contributed by atoms with Gasteiger partial charge in [0.1, 0.15) is 29.6 Å². The van der Waals surface area contributed by atoms with Gasteiger partial charge < -0.3 is 14.2 Å². The molecule has 2 aromatic carbocycles. The molecule has 0 bridgehead atoms. The maximum atomic E-state index is 12.7. The topological polar surface area (TPSA) is 74.7 Å². The Kier molecular flexibility index (Phi) is 7.62. The van der Waals surface area contributed by atoms with Gasteiger partial charge in [0.2, 0.25) is 0 Å². The molecule has 0 atom stereocenters. The second kappa shape index (κ2) is 10.6. The van der Waals surface area contributed by atoms with E-state index in [2.05, 4.69) is 9.72 Å². The molecule has 1 heterocycles. The molecule has 0 amide bonds. The van der Waals surface area contributed by atoms with E-state index >= 15 is 0 Å². The van der Waals surface area contributed by atoms with E-state index in [0.29, 0.717) is 28.5 Å². The second-order valence-electron chi connectivity index (χ2n) is 6.82. The van der Waals surface area contributed by atoms with Gasteiger partial charge in [-0.15, -0.1) is 0 Å². The van der Waals surface area contributed by atoms with Crippen LogP contribution in [0.1, 0.15) is 27.2 Å². The van der Waals surface area contributed by atoms with E-state index in [-0.39, 0.29) is 24.3 Å². The molecule has 0 unspecified atom stereocenters. The van der Waals surface area contributed by atoms with Gasteiger partial charge in [-0.05, 0) is 53.6 Å². The highest BCUT2D eigenvalue weighted by molar-refractivity contribution is 6.30. The number of hydrogen-bond acceptors (Lipinski definition) is 6. The number of carbonyl (C=O) groups is 2. The zero-order valence-corrected chi connectivity index (χ0v) is 18.0. The zero-order valence-electron chi connectivity index (χ0n) is 17.3. The van der Waals surface area contributed by atoms with Gasteiger partial charge in [-0.3, -0.25) is 4.79 Å². The fraction of sp³-hybridized carbons (Fsp3) is 0.208. The summed E-state index contributed by atoms with van der Waals surface area (Å²) in [7, 11) is 2.90. The van der Waals surface area contributed by atoms with Crippen molar-refractivity contribution >= 4 is 23.4 Å². The molecule has 7 heteroatoms. The Balaban J connectivity index is 1.68. The third-order valence-electron chi connectivity index (χ3n) is 4.58. The van der Waals surface area contributed by atoms with Crippen LogP contribution in [0, 0.1) is 0 Å². The molecule has 0 aliphatic heterocycles. The molecule has 0 radical (unpaired) electrons. The minimum atomic E-state index is -0.543. The van der Waals surface area contributed by atoms with E-state index in [1.807, 2.05) is 24.3 Å². The van der Waals surface area contributed by atoms with Crippen LogP contribution in [0.2, 0.25) is 5.02 Å². The van der Waals surface area contributed by atoms with Gasteiger partial charge in [-0.2, -0.15) is 0 Å². The van der Waals surface area contributed by atoms with E-state index in [4.69, 9.17) is 21.1 Å². The SMILES string of the molecule is COC(=O)c1cc(CC(=O)Cc2cc(Cl)ccc2OCc2ccc(OC)cc2)ccn1. The predicted molar refractivity (Wildman–Crippen MR) is 117 cm³/mol. The Morgan fingerprint density at radius 3 is 2.42 bits per heavy atom. The normalized spacial score (nSPS) is 10.4. The van der Waals surface area contributed by atoms with Gasteiger partial charge in [-0.25, -0.2) is 9.78 Å². The number of ether oxygens (including phenoxy) is 3. The Labute approximate surface area is 185 Å². The molecule has 0 aliphatic carbocycles. The first kappa shape index (κ1) is 22.3. The van der Waals surface area contributed by atoms with E-state index in [9.17, 15) is 9.59 Å². The zero-order chi connectivity index (χ0) is 22.2. The van der Waals surface area contributed by atoms with Gasteiger partial charge in [0.05, 0.1) is 14.2 Å². The molecular formula is C24H22ClNO5. The number of methoxy groups -OCH3 is 2. The Morgan fingerprint density at radius 2 is 1.71 bits per heavy atom. The van der Waals surface area contributed by atoms with Crippen molar-refractivity contribution in [2.75, 3.05) is 14.2 Å². The summed E-state index contributed by atoms with van der Waals surface area (Å²) >= 11 is 6.14. The van der Waals surface area contributed by atoms with Crippen molar-refractivity contribution in [3.8, 4) is 11.5 Å². The predicted octanol–water partition coefficient (Wildman–Crippen LogP) is 4.46. The van der Waals surface area contributed by atoms with Crippen molar-refractivity contribution in [3.05, 3.63) is 88.2 Å². The lowest BCUT2D eigenvalue weighted by Gasteiger charge is -2.12. The van der Waals surface area contributed by atoms with E-state index in [0.717, 1.165) is 11.3 Å². The summed E-state index contributed by atoms with van der Waals surface area (Å²) in [6, 6.07) is 16.0. The lowest BCUT2D eigenvalue weighted by Crippen LogP contribution is -2.10. The highest BCUT2D eigenvalue weighted by Crippen LogP contribution is 2.25. The van der Waals surface area contributed by atoms with Crippen molar-refractivity contribution in [2.24, 2.45) is 0 Å². The lowest BCUT2D eigenvalue weighted by molar-refractivity contribution is -0.117. The number of benzene rings is 2. The van der Waals surface area contributed by atoms with Crippen LogP contribution in [0.4, 0.5) is 0 Å². The third-order valence-corrected chi connectivity index (χ3v) is 4.82. The van der Waals surface area contributed by atoms with Gasteiger partial charge >= 0.3 is 5.97 Å². The fourth-order valence-electron chi connectivity index (χ4n) is 3.01. The van der Waals surface area contributed by atoms with Gasteiger partial charge in [-0.1, -0.05) is 23.7 Å². The number of carbonyl (C=O) groups excluding carboxylic acids is 2. The number of nitrogens with zero attached hydrogens (tertiary/aromatic N) is 1. The Bertz CT molecular complexity index is 1070. The van der Waals surface area contributed by atoms with Crippen LogP contribution in [0.25, 0.3) is 0 Å². The minimum Gasteiger partial charge on any atom is -0.497 e. The number of rotatable bonds is 9. The summed E-state index contributed by atoms with van der Waals surface area (Å²) in [6.07, 6.45) is 1.78. The van der Waals surface area contributed by atoms with Crippen molar-refractivity contribution < 1.29 is 23.8 Å². The molecule has 0 spiro atoms. The molecule has 0 saturated heterocycles. The third kappa shape index (κ3) is 6.30. The van der Waals surface area contributed by atoms with Crippen LogP contribution in [-0.2, 0) is 29.0 Å². The summed E-state index contributed by atoms with van der Waals surface area (Å²) in [6.45, 7) is 0.347. The van der Waals surface area contributed by atoms with Crippen LogP contribution in [0.15, 0.2) is 60.8 Å². The Morgan fingerprint density at radius 1 is 0.935 bits per heavy atom. The highest BCUT2D eigenvalue weighted by atomic mass is 35.5. The maximum Gasteiger partial charge on any atom is 0.356 e. The number of hydrogen-bond donors (Lipinski definition) is 0. The molecule has 1 aromatic heterocycles. The van der Waals surface area contributed by atoms with Gasteiger partial charge in [0.15, 0.2) is 0 Å². The minimum absolute atomic E-state index is 0.0430. The van der Waals surface area contributed by atoms with Crippen molar-refractivity contribution in [3.63, 3.8) is 0 Å². The molecule has 160 valence electrons. The molecule has 3 aromatic rings. The van der Waals surface area contributed by atoms with Crippen LogP contribution < -0.4 is 9.47 Å². The number of pyridine rings is 1. The number of esters is 1. The molecule has 0 fully saturated rings. The smallest absolute Gasteiger partial charge is 0.356 e. The number of halogens is 1. The summed E-state index contributed by atoms with van der Waals surface area (Å²) in [5, 5.41) is 0.525. The van der Waals surface area contributed by atoms with E-state index in [1.165, 1.54) is 13.3 Å². The molecule has 0 saturated carbocycles. The summed E-state index contributed by atoms with van der Waals surface area (Å²) in [4.78, 5) is 28.3. The number of Topliss-reactive ketones (excluding diaryl/α,β-unsaturated/α-hetero) is 1. The second-order valence-corrected chi connectivity index (χ2v) is 7.26. The number of ketones is 1. The standard InChI is InChI=1S/C24H22ClNO5/c1-29-21-6-3-16(4-7-21)15-31-23-8-5-19(25)13-18(23)14-20(27)11-17-9-10-26-22(12-17)24(28)30-2/h3-10,12-13H,11,14-15H2,1-2H3.